The minimum Gasteiger partial charge on any atom is -0.486 e. The maximum Gasteiger partial charge on any atom is 0.317 e. The van der Waals surface area contributed by atoms with Gasteiger partial charge in [-0.25, -0.2) is 4.79 Å². The molecule has 2 aromatic rings. The zero-order chi connectivity index (χ0) is 16.9. The Balaban J connectivity index is 1.49. The van der Waals surface area contributed by atoms with Crippen molar-refractivity contribution in [3.05, 3.63) is 59.7 Å². The van der Waals surface area contributed by atoms with Crippen molar-refractivity contribution < 1.29 is 14.3 Å². The predicted octanol–water partition coefficient (Wildman–Crippen LogP) is 2.98. The van der Waals surface area contributed by atoms with E-state index < -0.39 is 0 Å². The van der Waals surface area contributed by atoms with Crippen LogP contribution in [0.15, 0.2) is 48.5 Å². The van der Waals surface area contributed by atoms with E-state index in [2.05, 4.69) is 5.32 Å². The monoisotopic (exact) mass is 326 g/mol. The number of fused-ring (bicyclic) bond motifs is 1. The van der Waals surface area contributed by atoms with Crippen LogP contribution in [0.4, 0.5) is 4.79 Å². The largest absolute Gasteiger partial charge is 0.486 e. The number of nitrogens with one attached hydrogen (secondary N) is 1. The Bertz CT molecular complexity index is 700. The van der Waals surface area contributed by atoms with Crippen molar-refractivity contribution in [3.8, 4) is 11.5 Å². The molecule has 1 aliphatic heterocycles. The van der Waals surface area contributed by atoms with E-state index in [0.29, 0.717) is 19.7 Å². The Morgan fingerprint density at radius 1 is 1.17 bits per heavy atom. The first-order chi connectivity index (χ1) is 11.6. The lowest BCUT2D eigenvalue weighted by molar-refractivity contribution is 0.0715. The molecular weight excluding hydrogens is 304 g/mol. The van der Waals surface area contributed by atoms with E-state index in [0.717, 1.165) is 17.1 Å². The Kier molecular flexibility index (Phi) is 4.89. The zero-order valence-corrected chi connectivity index (χ0v) is 14.0. The number of urea groups is 1. The van der Waals surface area contributed by atoms with Gasteiger partial charge in [0.05, 0.1) is 6.54 Å². The molecule has 0 aromatic heterocycles. The molecule has 2 aromatic carbocycles. The molecule has 0 bridgehead atoms. The number of carbonyl (C=O) groups is 1. The van der Waals surface area contributed by atoms with Crippen molar-refractivity contribution in [1.29, 1.82) is 0 Å². The molecule has 3 rings (SSSR count). The number of hydrogen-bond acceptors (Lipinski definition) is 3. The average molecular weight is 326 g/mol. The number of ether oxygens (including phenoxy) is 2. The lowest BCUT2D eigenvalue weighted by atomic mass is 10.1. The fraction of sp³-hybridized carbons (Fsp3) is 0.316. The number of carbonyl (C=O) groups excluding carboxylic acids is 1. The van der Waals surface area contributed by atoms with Crippen molar-refractivity contribution >= 4 is 6.03 Å². The number of benzene rings is 2. The van der Waals surface area contributed by atoms with Crippen molar-refractivity contribution in [2.75, 3.05) is 20.2 Å². The number of nitrogens with zero attached hydrogens (tertiary/aromatic N) is 1. The number of rotatable bonds is 4. The van der Waals surface area contributed by atoms with Crippen LogP contribution in [0.2, 0.25) is 0 Å². The van der Waals surface area contributed by atoms with E-state index in [-0.39, 0.29) is 12.1 Å². The van der Waals surface area contributed by atoms with E-state index in [1.807, 2.05) is 55.5 Å². The molecule has 24 heavy (non-hydrogen) atoms. The van der Waals surface area contributed by atoms with Gasteiger partial charge in [0.2, 0.25) is 0 Å². The van der Waals surface area contributed by atoms with Crippen LogP contribution in [-0.2, 0) is 6.54 Å². The third kappa shape index (κ3) is 3.98. The second kappa shape index (κ2) is 7.25. The highest BCUT2D eigenvalue weighted by Crippen LogP contribution is 2.30. The van der Waals surface area contributed by atoms with Gasteiger partial charge >= 0.3 is 6.03 Å². The molecule has 0 fully saturated rings. The minimum atomic E-state index is -0.171. The summed E-state index contributed by atoms with van der Waals surface area (Å²) in [5, 5.41) is 2.92. The summed E-state index contributed by atoms with van der Waals surface area (Å²) >= 11 is 0. The van der Waals surface area contributed by atoms with Gasteiger partial charge in [0.1, 0.15) is 6.61 Å². The van der Waals surface area contributed by atoms with Crippen LogP contribution in [0.1, 0.15) is 11.1 Å². The van der Waals surface area contributed by atoms with E-state index in [1.54, 1.807) is 11.9 Å². The molecule has 0 radical (unpaired) electrons. The van der Waals surface area contributed by atoms with Gasteiger partial charge in [-0.2, -0.15) is 0 Å². The van der Waals surface area contributed by atoms with E-state index >= 15 is 0 Å². The smallest absolute Gasteiger partial charge is 0.317 e. The van der Waals surface area contributed by atoms with Crippen LogP contribution in [0.5, 0.6) is 11.5 Å². The third-order valence-corrected chi connectivity index (χ3v) is 3.96. The highest BCUT2D eigenvalue weighted by Gasteiger charge is 2.23. The second-order valence-electron chi connectivity index (χ2n) is 6.02. The Morgan fingerprint density at radius 2 is 1.88 bits per heavy atom. The number of hydrogen-bond donors (Lipinski definition) is 1. The van der Waals surface area contributed by atoms with Gasteiger partial charge in [-0.05, 0) is 24.6 Å². The van der Waals surface area contributed by atoms with Crippen molar-refractivity contribution in [2.24, 2.45) is 0 Å². The molecule has 1 N–H and O–H groups in total. The number of para-hydroxylation sites is 2. The van der Waals surface area contributed by atoms with Gasteiger partial charge in [0.15, 0.2) is 17.6 Å². The molecule has 1 heterocycles. The summed E-state index contributed by atoms with van der Waals surface area (Å²) in [5.41, 5.74) is 2.28. The Morgan fingerprint density at radius 3 is 2.62 bits per heavy atom. The van der Waals surface area contributed by atoms with Crippen LogP contribution >= 0.6 is 0 Å². The normalized spacial score (nSPS) is 15.7. The third-order valence-electron chi connectivity index (χ3n) is 3.96. The standard InChI is InChI=1S/C19H22N2O3/c1-14-7-9-15(10-8-14)11-20-19(22)21(2)12-16-13-23-17-5-3-4-6-18(17)24-16/h3-10,16H,11-13H2,1-2H3,(H,20,22)/t16-/m0/s1. The van der Waals surface area contributed by atoms with Gasteiger partial charge in [0, 0.05) is 13.6 Å². The molecule has 2 amide bonds. The molecule has 0 aliphatic carbocycles. The van der Waals surface area contributed by atoms with Gasteiger partial charge in [0.25, 0.3) is 0 Å². The molecular formula is C19H22N2O3. The predicted molar refractivity (Wildman–Crippen MR) is 92.4 cm³/mol. The maximum absolute atomic E-state index is 12.2. The minimum absolute atomic E-state index is 0.127. The SMILES string of the molecule is Cc1ccc(CNC(=O)N(C)C[C@H]2COc3ccccc3O2)cc1. The van der Waals surface area contributed by atoms with Crippen LogP contribution < -0.4 is 14.8 Å². The molecule has 1 aliphatic rings. The first kappa shape index (κ1) is 16.2. The topological polar surface area (TPSA) is 50.8 Å². The highest BCUT2D eigenvalue weighted by atomic mass is 16.6. The lowest BCUT2D eigenvalue weighted by Gasteiger charge is -2.29. The van der Waals surface area contributed by atoms with Gasteiger partial charge in [-0.1, -0.05) is 42.0 Å². The summed E-state index contributed by atoms with van der Waals surface area (Å²) in [7, 11) is 1.76. The summed E-state index contributed by atoms with van der Waals surface area (Å²) in [6, 6.07) is 15.6. The first-order valence-electron chi connectivity index (χ1n) is 8.05. The van der Waals surface area contributed by atoms with Crippen LogP contribution in [0, 0.1) is 6.92 Å². The highest BCUT2D eigenvalue weighted by molar-refractivity contribution is 5.73. The van der Waals surface area contributed by atoms with Crippen LogP contribution in [-0.4, -0.2) is 37.2 Å². The summed E-state index contributed by atoms with van der Waals surface area (Å²) < 4.78 is 11.6. The van der Waals surface area contributed by atoms with Gasteiger partial charge in [-0.15, -0.1) is 0 Å². The summed E-state index contributed by atoms with van der Waals surface area (Å²) in [4.78, 5) is 13.8. The molecule has 0 saturated heterocycles. The summed E-state index contributed by atoms with van der Waals surface area (Å²) in [6.07, 6.45) is -0.171. The van der Waals surface area contributed by atoms with Crippen molar-refractivity contribution in [3.63, 3.8) is 0 Å². The molecule has 0 spiro atoms. The fourth-order valence-corrected chi connectivity index (χ4v) is 2.56. The van der Waals surface area contributed by atoms with Gasteiger partial charge < -0.3 is 19.7 Å². The molecule has 1 atom stereocenters. The van der Waals surface area contributed by atoms with Crippen LogP contribution in [0.25, 0.3) is 0 Å². The quantitative estimate of drug-likeness (QED) is 0.940. The van der Waals surface area contributed by atoms with Gasteiger partial charge in [-0.3, -0.25) is 0 Å². The summed E-state index contributed by atoms with van der Waals surface area (Å²) in [5.74, 6) is 1.47. The number of aryl methyl sites for hydroxylation is 1. The lowest BCUT2D eigenvalue weighted by Crippen LogP contribution is -2.45. The molecule has 0 saturated carbocycles. The first-order valence-corrected chi connectivity index (χ1v) is 8.05. The zero-order valence-electron chi connectivity index (χ0n) is 14.0. The molecule has 5 nitrogen and oxygen atoms in total. The maximum atomic E-state index is 12.2. The molecule has 5 heteroatoms. The second-order valence-corrected chi connectivity index (χ2v) is 6.02. The van der Waals surface area contributed by atoms with E-state index in [9.17, 15) is 4.79 Å². The van der Waals surface area contributed by atoms with E-state index in [4.69, 9.17) is 9.47 Å². The van der Waals surface area contributed by atoms with Crippen LogP contribution in [0.3, 0.4) is 0 Å². The fourth-order valence-electron chi connectivity index (χ4n) is 2.56. The Labute approximate surface area is 142 Å². The molecule has 0 unspecified atom stereocenters. The average Bonchev–Trinajstić information content (AvgIpc) is 2.61. The van der Waals surface area contributed by atoms with Crippen molar-refractivity contribution in [2.45, 2.75) is 19.6 Å². The Hall–Kier alpha value is -2.69. The van der Waals surface area contributed by atoms with Crippen molar-refractivity contribution in [1.82, 2.24) is 10.2 Å². The van der Waals surface area contributed by atoms with E-state index in [1.165, 1.54) is 5.56 Å². The molecule has 126 valence electrons. The number of likely N-dealkylation sites (N-methyl/N-ethyl adjacent to an activating group) is 1. The summed E-state index contributed by atoms with van der Waals surface area (Å²) in [6.45, 7) is 3.45. The number of amides is 2.